The number of hydrogen-bond donors (Lipinski definition) is 1. The third kappa shape index (κ3) is 3.74. The quantitative estimate of drug-likeness (QED) is 0.488. The number of halogens is 1. The monoisotopic (exact) mass is 534 g/mol. The molecule has 0 radical (unpaired) electrons. The molecule has 202 valence electrons. The van der Waals surface area contributed by atoms with Gasteiger partial charge in [0.15, 0.2) is 23.1 Å². The molecule has 6 heterocycles. The molecular formula is C25H27FN10O3. The van der Waals surface area contributed by atoms with E-state index in [2.05, 4.69) is 14.9 Å². The molecule has 0 spiro atoms. The van der Waals surface area contributed by atoms with Crippen LogP contribution in [0.4, 0.5) is 14.9 Å². The molecule has 3 aromatic rings. The summed E-state index contributed by atoms with van der Waals surface area (Å²) in [7, 11) is 1.71. The van der Waals surface area contributed by atoms with Crippen molar-refractivity contribution < 1.29 is 18.0 Å². The summed E-state index contributed by atoms with van der Waals surface area (Å²) < 4.78 is 25.8. The highest BCUT2D eigenvalue weighted by Crippen LogP contribution is 2.38. The number of furan rings is 1. The second-order valence-corrected chi connectivity index (χ2v) is 9.80. The van der Waals surface area contributed by atoms with Crippen molar-refractivity contribution in [2.24, 2.45) is 15.8 Å². The number of carbonyl (C=O) groups is 1. The van der Waals surface area contributed by atoms with Gasteiger partial charge in [-0.3, -0.25) is 9.80 Å². The van der Waals surface area contributed by atoms with Crippen LogP contribution in [0, 0.1) is 12.7 Å². The van der Waals surface area contributed by atoms with Gasteiger partial charge >= 0.3 is 6.03 Å². The molecule has 1 aromatic carbocycles. The van der Waals surface area contributed by atoms with Crippen molar-refractivity contribution in [3.05, 3.63) is 53.7 Å². The van der Waals surface area contributed by atoms with Gasteiger partial charge in [0.25, 0.3) is 0 Å². The van der Waals surface area contributed by atoms with Crippen LogP contribution in [0.15, 0.2) is 55.0 Å². The van der Waals surface area contributed by atoms with E-state index < -0.39 is 6.29 Å². The SMILES string of the molecule is Cc1nc2cc(N3CCN(CCN4C(=O)N(C)N5C6=C(c7ccco7)N=CN(N)C6=NC45)CC3)c(F)cc2o1. The van der Waals surface area contributed by atoms with Crippen molar-refractivity contribution in [1.29, 1.82) is 0 Å². The van der Waals surface area contributed by atoms with Gasteiger partial charge in [-0.2, -0.15) is 0 Å². The number of anilines is 1. The molecule has 0 saturated carbocycles. The largest absolute Gasteiger partial charge is 0.463 e. The number of aromatic nitrogens is 1. The van der Waals surface area contributed by atoms with Crippen LogP contribution in [-0.4, -0.2) is 101 Å². The van der Waals surface area contributed by atoms with Crippen LogP contribution in [0.5, 0.6) is 0 Å². The Balaban J connectivity index is 1.04. The van der Waals surface area contributed by atoms with Crippen LogP contribution in [0.2, 0.25) is 0 Å². The van der Waals surface area contributed by atoms with E-state index in [0.717, 1.165) is 13.1 Å². The summed E-state index contributed by atoms with van der Waals surface area (Å²) in [5.41, 5.74) is 2.81. The first-order valence-corrected chi connectivity index (χ1v) is 12.7. The van der Waals surface area contributed by atoms with Gasteiger partial charge in [0.2, 0.25) is 6.29 Å². The zero-order chi connectivity index (χ0) is 26.8. The number of hydrogen-bond acceptors (Lipinski definition) is 11. The van der Waals surface area contributed by atoms with Crippen molar-refractivity contribution in [3.63, 3.8) is 0 Å². The number of benzene rings is 1. The molecule has 2 saturated heterocycles. The maximum Gasteiger partial charge on any atom is 0.341 e. The van der Waals surface area contributed by atoms with Crippen LogP contribution in [0.3, 0.4) is 0 Å². The van der Waals surface area contributed by atoms with Crippen LogP contribution in [-0.2, 0) is 0 Å². The first-order valence-electron chi connectivity index (χ1n) is 12.7. The van der Waals surface area contributed by atoms with Gasteiger partial charge in [-0.15, -0.1) is 0 Å². The first-order chi connectivity index (χ1) is 18.9. The number of urea groups is 1. The maximum absolute atomic E-state index is 14.8. The van der Waals surface area contributed by atoms with E-state index in [1.807, 2.05) is 11.0 Å². The minimum Gasteiger partial charge on any atom is -0.463 e. The number of nitrogens with zero attached hydrogens (tertiary/aromatic N) is 9. The Morgan fingerprint density at radius 2 is 2.00 bits per heavy atom. The predicted octanol–water partition coefficient (Wildman–Crippen LogP) is 1.86. The van der Waals surface area contributed by atoms with E-state index in [1.165, 1.54) is 22.4 Å². The van der Waals surface area contributed by atoms with Crippen molar-refractivity contribution in [2.45, 2.75) is 13.2 Å². The summed E-state index contributed by atoms with van der Waals surface area (Å²) in [5.74, 6) is 7.42. The molecule has 0 aliphatic carbocycles. The highest BCUT2D eigenvalue weighted by molar-refractivity contribution is 6.12. The Kier molecular flexibility index (Phi) is 5.35. The van der Waals surface area contributed by atoms with E-state index in [9.17, 15) is 9.18 Å². The van der Waals surface area contributed by atoms with Crippen molar-refractivity contribution in [3.8, 4) is 0 Å². The van der Waals surface area contributed by atoms with E-state index in [4.69, 9.17) is 19.7 Å². The van der Waals surface area contributed by atoms with Gasteiger partial charge in [-0.05, 0) is 18.2 Å². The average molecular weight is 535 g/mol. The number of fused-ring (bicyclic) bond motifs is 4. The number of amidine groups is 1. The van der Waals surface area contributed by atoms with E-state index >= 15 is 0 Å². The normalized spacial score (nSPS) is 21.5. The molecule has 2 fully saturated rings. The Labute approximate surface area is 222 Å². The highest BCUT2D eigenvalue weighted by atomic mass is 19.1. The number of piperazine rings is 1. The number of oxazole rings is 1. The second-order valence-electron chi connectivity index (χ2n) is 9.80. The lowest BCUT2D eigenvalue weighted by atomic mass is 10.2. The third-order valence-electron chi connectivity index (χ3n) is 7.49. The van der Waals surface area contributed by atoms with Gasteiger partial charge in [0.1, 0.15) is 29.1 Å². The molecule has 14 heteroatoms. The molecule has 7 rings (SSSR count). The Hall–Kier alpha value is -4.43. The van der Waals surface area contributed by atoms with Crippen molar-refractivity contribution >= 4 is 40.7 Å². The summed E-state index contributed by atoms with van der Waals surface area (Å²) in [6.45, 7) is 5.64. The average Bonchev–Trinajstić information content (AvgIpc) is 3.70. The smallest absolute Gasteiger partial charge is 0.341 e. The van der Waals surface area contributed by atoms with Crippen molar-refractivity contribution in [1.82, 2.24) is 29.8 Å². The third-order valence-corrected chi connectivity index (χ3v) is 7.49. The van der Waals surface area contributed by atoms with Crippen molar-refractivity contribution in [2.75, 3.05) is 51.2 Å². The highest BCUT2D eigenvalue weighted by Gasteiger charge is 2.51. The fraction of sp³-hybridized carbons (Fsp3) is 0.360. The lowest BCUT2D eigenvalue weighted by Crippen LogP contribution is -2.49. The van der Waals surface area contributed by atoms with Crippen LogP contribution in [0.25, 0.3) is 16.8 Å². The zero-order valence-electron chi connectivity index (χ0n) is 21.5. The lowest BCUT2D eigenvalue weighted by Gasteiger charge is -2.36. The summed E-state index contributed by atoms with van der Waals surface area (Å²) in [4.78, 5) is 32.8. The second kappa shape index (κ2) is 8.81. The summed E-state index contributed by atoms with van der Waals surface area (Å²) in [5, 5.41) is 4.69. The Bertz CT molecular complexity index is 1540. The molecule has 1 unspecified atom stereocenters. The maximum atomic E-state index is 14.8. The molecule has 13 nitrogen and oxygen atoms in total. The number of carbonyl (C=O) groups excluding carboxylic acids is 1. The van der Waals surface area contributed by atoms with Gasteiger partial charge in [-0.25, -0.2) is 45.0 Å². The molecule has 39 heavy (non-hydrogen) atoms. The number of nitrogens with two attached hydrogens (primary N) is 1. The van der Waals surface area contributed by atoms with Crippen LogP contribution < -0.4 is 10.7 Å². The molecule has 4 aliphatic rings. The summed E-state index contributed by atoms with van der Waals surface area (Å²) in [6, 6.07) is 6.58. The molecule has 0 bridgehead atoms. The fourth-order valence-electron chi connectivity index (χ4n) is 5.53. The summed E-state index contributed by atoms with van der Waals surface area (Å²) >= 11 is 0. The standard InChI is InChI=1S/C25H27FN10O3/c1-15-29-17-13-18(16(26)12-20(17)39-15)33-8-5-32(6-9-33)7-10-34-24-30-23-22(36(24)31(2)25(34)37)21(28-14-35(23)27)19-4-3-11-38-19/h3-4,11-14,24H,5-10,27H2,1-2H3. The van der Waals surface area contributed by atoms with E-state index in [1.54, 1.807) is 42.3 Å². The van der Waals surface area contributed by atoms with Gasteiger partial charge in [0.05, 0.1) is 12.0 Å². The first kappa shape index (κ1) is 23.7. The van der Waals surface area contributed by atoms with E-state index in [0.29, 0.717) is 71.8 Å². The number of hydrazine groups is 2. The van der Waals surface area contributed by atoms with Crippen LogP contribution >= 0.6 is 0 Å². The number of aryl methyl sites for hydroxylation is 1. The molecule has 2 N–H and O–H groups in total. The lowest BCUT2D eigenvalue weighted by molar-refractivity contribution is 0.0841. The van der Waals surface area contributed by atoms with Gasteiger partial charge in [-0.1, -0.05) is 0 Å². The number of aliphatic imine (C=N–C) groups is 2. The topological polar surface area (TPSA) is 126 Å². The van der Waals surface area contributed by atoms with E-state index in [-0.39, 0.29) is 11.8 Å². The minimum atomic E-state index is -0.571. The number of amides is 2. The Morgan fingerprint density at radius 3 is 2.77 bits per heavy atom. The summed E-state index contributed by atoms with van der Waals surface area (Å²) in [6.07, 6.45) is 2.49. The van der Waals surface area contributed by atoms with Gasteiger partial charge < -0.3 is 13.7 Å². The molecular weight excluding hydrogens is 507 g/mol. The fourth-order valence-corrected chi connectivity index (χ4v) is 5.53. The predicted molar refractivity (Wildman–Crippen MR) is 140 cm³/mol. The number of rotatable bonds is 5. The molecule has 2 amide bonds. The molecule has 1 atom stereocenters. The van der Waals surface area contributed by atoms with Gasteiger partial charge in [0, 0.05) is 59.3 Å². The minimum absolute atomic E-state index is 0.163. The van der Waals surface area contributed by atoms with Crippen LogP contribution in [0.1, 0.15) is 11.7 Å². The zero-order valence-corrected chi connectivity index (χ0v) is 21.5. The molecule has 4 aliphatic heterocycles. The molecule has 2 aromatic heterocycles. The Morgan fingerprint density at radius 1 is 1.18 bits per heavy atom.